The van der Waals surface area contributed by atoms with E-state index < -0.39 is 0 Å². The summed E-state index contributed by atoms with van der Waals surface area (Å²) < 4.78 is 5.46. The topological polar surface area (TPSA) is 67.6 Å². The van der Waals surface area contributed by atoms with E-state index in [2.05, 4.69) is 17.1 Å². The summed E-state index contributed by atoms with van der Waals surface area (Å²) >= 11 is 0. The molecule has 5 heteroatoms. The number of carbonyl (C=O) groups excluding carboxylic acids is 1. The minimum atomic E-state index is -0.000921. The van der Waals surface area contributed by atoms with Crippen molar-refractivity contribution in [2.45, 2.75) is 13.3 Å². The maximum atomic E-state index is 11.5. The molecule has 0 radical (unpaired) electrons. The first-order valence-corrected chi connectivity index (χ1v) is 6.56. The van der Waals surface area contributed by atoms with Gasteiger partial charge in [-0.25, -0.2) is 0 Å². The molecule has 3 N–H and O–H groups in total. The van der Waals surface area contributed by atoms with Crippen LogP contribution in [-0.4, -0.2) is 44.1 Å². The first-order valence-electron chi connectivity index (χ1n) is 6.56. The number of carbonyl (C=O) groups is 1. The monoisotopic (exact) mass is 265 g/mol. The number of hydrogen-bond acceptors (Lipinski definition) is 4. The Kier molecular flexibility index (Phi) is 6.74. The van der Waals surface area contributed by atoms with Crippen LogP contribution in [0, 0.1) is 0 Å². The number of nitrogen functional groups attached to an aromatic ring is 1. The summed E-state index contributed by atoms with van der Waals surface area (Å²) in [6.07, 6.45) is 0.337. The lowest BCUT2D eigenvalue weighted by atomic mass is 10.3. The molecule has 1 amide bonds. The summed E-state index contributed by atoms with van der Waals surface area (Å²) in [6.45, 7) is 4.92. The van der Waals surface area contributed by atoms with E-state index in [0.717, 1.165) is 13.1 Å². The SMILES string of the molecule is CCN(C)CCNC(=O)CCOc1ccccc1N. The maximum Gasteiger partial charge on any atom is 0.223 e. The average molecular weight is 265 g/mol. The summed E-state index contributed by atoms with van der Waals surface area (Å²) in [7, 11) is 2.02. The van der Waals surface area contributed by atoms with Crippen molar-refractivity contribution in [3.8, 4) is 5.75 Å². The van der Waals surface area contributed by atoms with Gasteiger partial charge in [0.25, 0.3) is 0 Å². The van der Waals surface area contributed by atoms with E-state index in [1.165, 1.54) is 0 Å². The first-order chi connectivity index (χ1) is 9.13. The number of amides is 1. The predicted octanol–water partition coefficient (Wildman–Crippen LogP) is 1.11. The zero-order valence-corrected chi connectivity index (χ0v) is 11.7. The third kappa shape index (κ3) is 6.10. The second-order valence-corrected chi connectivity index (χ2v) is 4.38. The van der Waals surface area contributed by atoms with Crippen molar-refractivity contribution in [2.75, 3.05) is 39.0 Å². The lowest BCUT2D eigenvalue weighted by molar-refractivity contribution is -0.121. The Morgan fingerprint density at radius 2 is 2.16 bits per heavy atom. The standard InChI is InChI=1S/C14H23N3O2/c1-3-17(2)10-9-16-14(18)8-11-19-13-7-5-4-6-12(13)15/h4-7H,3,8-11,15H2,1-2H3,(H,16,18). The number of nitrogens with one attached hydrogen (secondary N) is 1. The van der Waals surface area contributed by atoms with Crippen LogP contribution in [0.4, 0.5) is 5.69 Å². The number of ether oxygens (including phenoxy) is 1. The Balaban J connectivity index is 2.15. The summed E-state index contributed by atoms with van der Waals surface area (Å²) in [4.78, 5) is 13.7. The van der Waals surface area contributed by atoms with Gasteiger partial charge in [-0.2, -0.15) is 0 Å². The molecule has 0 spiro atoms. The minimum Gasteiger partial charge on any atom is -0.491 e. The molecule has 0 fully saturated rings. The molecular weight excluding hydrogens is 242 g/mol. The van der Waals surface area contributed by atoms with E-state index in [0.29, 0.717) is 31.0 Å². The third-order valence-electron chi connectivity index (χ3n) is 2.86. The highest BCUT2D eigenvalue weighted by molar-refractivity contribution is 5.76. The fourth-order valence-electron chi connectivity index (χ4n) is 1.50. The fraction of sp³-hybridized carbons (Fsp3) is 0.500. The molecule has 0 aliphatic rings. The molecule has 1 aromatic rings. The maximum absolute atomic E-state index is 11.5. The van der Waals surface area contributed by atoms with Gasteiger partial charge in [0.05, 0.1) is 18.7 Å². The number of hydrogen-bond donors (Lipinski definition) is 2. The number of likely N-dealkylation sites (N-methyl/N-ethyl adjacent to an activating group) is 1. The van der Waals surface area contributed by atoms with Gasteiger partial charge >= 0.3 is 0 Å². The van der Waals surface area contributed by atoms with E-state index in [1.807, 2.05) is 19.2 Å². The molecule has 106 valence electrons. The Hall–Kier alpha value is -1.75. The van der Waals surface area contributed by atoms with Crippen LogP contribution in [-0.2, 0) is 4.79 Å². The van der Waals surface area contributed by atoms with Crippen molar-refractivity contribution in [3.05, 3.63) is 24.3 Å². The Bertz CT molecular complexity index is 396. The number of nitrogens with zero attached hydrogens (tertiary/aromatic N) is 1. The van der Waals surface area contributed by atoms with Crippen LogP contribution < -0.4 is 15.8 Å². The van der Waals surface area contributed by atoms with Crippen molar-refractivity contribution >= 4 is 11.6 Å². The van der Waals surface area contributed by atoms with Crippen LogP contribution in [0.5, 0.6) is 5.75 Å². The molecule has 1 rings (SSSR count). The molecule has 0 bridgehead atoms. The normalized spacial score (nSPS) is 10.5. The van der Waals surface area contributed by atoms with Crippen LogP contribution in [0.25, 0.3) is 0 Å². The van der Waals surface area contributed by atoms with E-state index in [4.69, 9.17) is 10.5 Å². The molecule has 5 nitrogen and oxygen atoms in total. The van der Waals surface area contributed by atoms with Crippen molar-refractivity contribution < 1.29 is 9.53 Å². The number of benzene rings is 1. The second kappa shape index (κ2) is 8.37. The lowest BCUT2D eigenvalue weighted by Crippen LogP contribution is -2.33. The fourth-order valence-corrected chi connectivity index (χ4v) is 1.50. The quantitative estimate of drug-likeness (QED) is 0.691. The van der Waals surface area contributed by atoms with E-state index in [1.54, 1.807) is 12.1 Å². The molecule has 0 saturated carbocycles. The predicted molar refractivity (Wildman–Crippen MR) is 77.1 cm³/mol. The van der Waals surface area contributed by atoms with Gasteiger partial charge in [-0.05, 0) is 25.7 Å². The highest BCUT2D eigenvalue weighted by atomic mass is 16.5. The van der Waals surface area contributed by atoms with Crippen molar-refractivity contribution in [3.63, 3.8) is 0 Å². The molecule has 0 saturated heterocycles. The molecule has 1 aromatic carbocycles. The van der Waals surface area contributed by atoms with Crippen LogP contribution in [0.1, 0.15) is 13.3 Å². The van der Waals surface area contributed by atoms with Gasteiger partial charge in [-0.3, -0.25) is 4.79 Å². The minimum absolute atomic E-state index is 0.000921. The van der Waals surface area contributed by atoms with E-state index in [-0.39, 0.29) is 5.91 Å². The van der Waals surface area contributed by atoms with Gasteiger partial charge in [-0.1, -0.05) is 19.1 Å². The van der Waals surface area contributed by atoms with Crippen LogP contribution in [0.3, 0.4) is 0 Å². The van der Waals surface area contributed by atoms with Gasteiger partial charge in [0, 0.05) is 13.1 Å². The molecule has 0 atom stereocenters. The van der Waals surface area contributed by atoms with E-state index >= 15 is 0 Å². The average Bonchev–Trinajstić information content (AvgIpc) is 2.40. The Labute approximate surface area is 114 Å². The smallest absolute Gasteiger partial charge is 0.223 e. The molecule has 0 aliphatic heterocycles. The third-order valence-corrected chi connectivity index (χ3v) is 2.86. The van der Waals surface area contributed by atoms with Gasteiger partial charge in [0.2, 0.25) is 5.91 Å². The largest absolute Gasteiger partial charge is 0.491 e. The molecule has 0 aromatic heterocycles. The summed E-state index contributed by atoms with van der Waals surface area (Å²) in [5.41, 5.74) is 6.33. The summed E-state index contributed by atoms with van der Waals surface area (Å²) in [6, 6.07) is 7.27. The van der Waals surface area contributed by atoms with Gasteiger partial charge in [-0.15, -0.1) is 0 Å². The summed E-state index contributed by atoms with van der Waals surface area (Å²) in [5, 5.41) is 2.86. The van der Waals surface area contributed by atoms with Crippen molar-refractivity contribution in [2.24, 2.45) is 0 Å². The number of anilines is 1. The lowest BCUT2D eigenvalue weighted by Gasteiger charge is -2.14. The zero-order chi connectivity index (χ0) is 14.1. The molecule has 0 aliphatic carbocycles. The van der Waals surface area contributed by atoms with Gasteiger partial charge in [0.15, 0.2) is 0 Å². The molecule has 19 heavy (non-hydrogen) atoms. The zero-order valence-electron chi connectivity index (χ0n) is 11.7. The van der Waals surface area contributed by atoms with Crippen LogP contribution in [0.2, 0.25) is 0 Å². The molecule has 0 unspecified atom stereocenters. The summed E-state index contributed by atoms with van der Waals surface area (Å²) in [5.74, 6) is 0.625. The highest BCUT2D eigenvalue weighted by Crippen LogP contribution is 2.19. The van der Waals surface area contributed by atoms with Crippen LogP contribution >= 0.6 is 0 Å². The number of para-hydroxylation sites is 2. The van der Waals surface area contributed by atoms with Crippen LogP contribution in [0.15, 0.2) is 24.3 Å². The van der Waals surface area contributed by atoms with E-state index in [9.17, 15) is 4.79 Å². The second-order valence-electron chi connectivity index (χ2n) is 4.38. The molecule has 0 heterocycles. The highest BCUT2D eigenvalue weighted by Gasteiger charge is 2.03. The Morgan fingerprint density at radius 1 is 1.42 bits per heavy atom. The molecular formula is C14H23N3O2. The first kappa shape index (κ1) is 15.3. The Morgan fingerprint density at radius 3 is 2.84 bits per heavy atom. The van der Waals surface area contributed by atoms with Crippen molar-refractivity contribution in [1.29, 1.82) is 0 Å². The van der Waals surface area contributed by atoms with Gasteiger partial charge in [0.1, 0.15) is 5.75 Å². The van der Waals surface area contributed by atoms with Gasteiger partial charge < -0.3 is 20.7 Å². The number of nitrogens with two attached hydrogens (primary N) is 1. The number of rotatable bonds is 8. The van der Waals surface area contributed by atoms with Crippen molar-refractivity contribution in [1.82, 2.24) is 10.2 Å².